The molecule has 2 aromatic carbocycles. The fourth-order valence-electron chi connectivity index (χ4n) is 5.02. The number of nitrogens with zero attached hydrogens (tertiary/aromatic N) is 1. The molecule has 1 aliphatic heterocycles. The van der Waals surface area contributed by atoms with E-state index in [0.29, 0.717) is 12.1 Å². The highest BCUT2D eigenvalue weighted by Crippen LogP contribution is 2.52. The van der Waals surface area contributed by atoms with Gasteiger partial charge in [0.15, 0.2) is 0 Å². The van der Waals surface area contributed by atoms with Gasteiger partial charge in [-0.05, 0) is 30.2 Å². The number of amides is 2. The average molecular weight is 319 g/mol. The van der Waals surface area contributed by atoms with E-state index in [-0.39, 0.29) is 35.4 Å². The smallest absolute Gasteiger partial charge is 0.238 e. The highest BCUT2D eigenvalue weighted by Gasteiger charge is 2.61. The molecule has 0 spiro atoms. The molecule has 4 heteroatoms. The van der Waals surface area contributed by atoms with E-state index in [1.807, 2.05) is 42.5 Å². The van der Waals surface area contributed by atoms with Gasteiger partial charge in [-0.2, -0.15) is 0 Å². The SMILES string of the molecule is O=C1CC2CCC1C1C(=O)N(c3cccc4ccccc34)C(=O)C21. The molecule has 2 bridgehead atoms. The lowest BCUT2D eigenvalue weighted by molar-refractivity contribution is -0.143. The quantitative estimate of drug-likeness (QED) is 0.759. The fourth-order valence-corrected chi connectivity index (χ4v) is 5.02. The number of imide groups is 1. The largest absolute Gasteiger partial charge is 0.299 e. The second-order valence-electron chi connectivity index (χ2n) is 7.18. The van der Waals surface area contributed by atoms with Crippen molar-refractivity contribution in [2.24, 2.45) is 23.7 Å². The molecule has 4 fully saturated rings. The molecule has 4 unspecified atom stereocenters. The van der Waals surface area contributed by atoms with Crippen LogP contribution in [0.25, 0.3) is 10.8 Å². The Morgan fingerprint density at radius 1 is 0.833 bits per heavy atom. The molecular formula is C20H17NO3. The molecule has 0 N–H and O–H groups in total. The average Bonchev–Trinajstić information content (AvgIpc) is 2.88. The summed E-state index contributed by atoms with van der Waals surface area (Å²) in [5.41, 5.74) is 0.657. The van der Waals surface area contributed by atoms with Crippen LogP contribution in [0.15, 0.2) is 42.5 Å². The number of hydrogen-bond acceptors (Lipinski definition) is 3. The molecule has 4 atom stereocenters. The minimum atomic E-state index is -0.434. The Morgan fingerprint density at radius 3 is 2.42 bits per heavy atom. The Morgan fingerprint density at radius 2 is 1.58 bits per heavy atom. The normalized spacial score (nSPS) is 31.8. The Hall–Kier alpha value is -2.49. The van der Waals surface area contributed by atoms with E-state index in [2.05, 4.69) is 0 Å². The first kappa shape index (κ1) is 13.9. The van der Waals surface area contributed by atoms with Crippen molar-refractivity contribution in [3.63, 3.8) is 0 Å². The van der Waals surface area contributed by atoms with Gasteiger partial charge in [0, 0.05) is 17.7 Å². The predicted molar refractivity (Wildman–Crippen MR) is 89.3 cm³/mol. The molecular weight excluding hydrogens is 302 g/mol. The standard InChI is InChI=1S/C20H17NO3/c22-16-10-12-8-9-14(16)18-17(12)19(23)21(20(18)24)15-7-3-5-11-4-1-2-6-13(11)15/h1-7,12,14,17-18H,8-10H2. The van der Waals surface area contributed by atoms with Crippen LogP contribution in [0.5, 0.6) is 0 Å². The predicted octanol–water partition coefficient (Wildman–Crippen LogP) is 2.94. The van der Waals surface area contributed by atoms with E-state index in [1.54, 1.807) is 0 Å². The summed E-state index contributed by atoms with van der Waals surface area (Å²) in [4.78, 5) is 39.8. The van der Waals surface area contributed by atoms with Crippen LogP contribution >= 0.6 is 0 Å². The van der Waals surface area contributed by atoms with Crippen LogP contribution < -0.4 is 4.90 Å². The van der Waals surface area contributed by atoms with Crippen molar-refractivity contribution in [2.75, 3.05) is 4.90 Å². The van der Waals surface area contributed by atoms with Crippen molar-refractivity contribution in [2.45, 2.75) is 19.3 Å². The van der Waals surface area contributed by atoms with Crippen LogP contribution in [-0.4, -0.2) is 17.6 Å². The van der Waals surface area contributed by atoms with Crippen LogP contribution in [0.2, 0.25) is 0 Å². The molecule has 6 rings (SSSR count). The Kier molecular flexibility index (Phi) is 2.76. The molecule has 0 aromatic heterocycles. The zero-order valence-electron chi connectivity index (χ0n) is 13.1. The van der Waals surface area contributed by atoms with Crippen LogP contribution in [0.4, 0.5) is 5.69 Å². The van der Waals surface area contributed by atoms with Crippen LogP contribution in [0.3, 0.4) is 0 Å². The van der Waals surface area contributed by atoms with Gasteiger partial charge in [0.25, 0.3) is 0 Å². The zero-order valence-corrected chi connectivity index (χ0v) is 13.1. The van der Waals surface area contributed by atoms with Crippen molar-refractivity contribution in [1.82, 2.24) is 0 Å². The molecule has 3 aliphatic carbocycles. The number of carbonyl (C=O) groups is 3. The summed E-state index contributed by atoms with van der Waals surface area (Å²) in [6.45, 7) is 0. The number of anilines is 1. The summed E-state index contributed by atoms with van der Waals surface area (Å²) in [6, 6.07) is 13.5. The molecule has 4 aliphatic rings. The Bertz CT molecular complexity index is 897. The molecule has 2 amide bonds. The molecule has 4 nitrogen and oxygen atoms in total. The molecule has 24 heavy (non-hydrogen) atoms. The summed E-state index contributed by atoms with van der Waals surface area (Å²) in [7, 11) is 0. The molecule has 120 valence electrons. The van der Waals surface area contributed by atoms with E-state index < -0.39 is 5.92 Å². The Labute approximate surface area is 139 Å². The van der Waals surface area contributed by atoms with Gasteiger partial charge in [0.05, 0.1) is 17.5 Å². The number of ketones is 1. The summed E-state index contributed by atoms with van der Waals surface area (Å²) >= 11 is 0. The van der Waals surface area contributed by atoms with Gasteiger partial charge in [0.2, 0.25) is 11.8 Å². The lowest BCUT2D eigenvalue weighted by Crippen LogP contribution is -2.46. The first-order chi connectivity index (χ1) is 11.7. The second-order valence-corrected chi connectivity index (χ2v) is 7.18. The lowest BCUT2D eigenvalue weighted by atomic mass is 9.59. The first-order valence-corrected chi connectivity index (χ1v) is 8.55. The highest BCUT2D eigenvalue weighted by molar-refractivity contribution is 6.26. The van der Waals surface area contributed by atoms with Gasteiger partial charge in [-0.3, -0.25) is 14.4 Å². The maximum Gasteiger partial charge on any atom is 0.238 e. The number of benzene rings is 2. The summed E-state index contributed by atoms with van der Waals surface area (Å²) < 4.78 is 0. The number of fused-ring (bicyclic) bond motifs is 3. The van der Waals surface area contributed by atoms with Crippen LogP contribution in [0.1, 0.15) is 19.3 Å². The summed E-state index contributed by atoms with van der Waals surface area (Å²) in [5, 5.41) is 1.91. The van der Waals surface area contributed by atoms with Crippen molar-refractivity contribution in [3.05, 3.63) is 42.5 Å². The van der Waals surface area contributed by atoms with Gasteiger partial charge in [0.1, 0.15) is 5.78 Å². The number of Topliss-reactive ketones (excluding diaryl/α,β-unsaturated/α-hetero) is 1. The van der Waals surface area contributed by atoms with E-state index in [0.717, 1.165) is 23.6 Å². The van der Waals surface area contributed by atoms with Gasteiger partial charge < -0.3 is 0 Å². The summed E-state index contributed by atoms with van der Waals surface area (Å²) in [6.07, 6.45) is 2.11. The highest BCUT2D eigenvalue weighted by atomic mass is 16.2. The topological polar surface area (TPSA) is 54.5 Å². The number of carbonyl (C=O) groups excluding carboxylic acids is 3. The minimum absolute atomic E-state index is 0.0453. The van der Waals surface area contributed by atoms with Crippen LogP contribution in [0, 0.1) is 23.7 Å². The van der Waals surface area contributed by atoms with E-state index in [1.165, 1.54) is 4.90 Å². The Balaban J connectivity index is 1.66. The van der Waals surface area contributed by atoms with Gasteiger partial charge in [-0.1, -0.05) is 36.4 Å². The maximum atomic E-state index is 13.1. The van der Waals surface area contributed by atoms with Gasteiger partial charge in [-0.25, -0.2) is 4.90 Å². The van der Waals surface area contributed by atoms with E-state index >= 15 is 0 Å². The lowest BCUT2D eigenvalue weighted by Gasteiger charge is -2.41. The number of hydrogen-bond donors (Lipinski definition) is 0. The molecule has 0 radical (unpaired) electrons. The fraction of sp³-hybridized carbons (Fsp3) is 0.350. The summed E-state index contributed by atoms with van der Waals surface area (Å²) in [5.74, 6) is -1.05. The van der Waals surface area contributed by atoms with Crippen molar-refractivity contribution in [3.8, 4) is 0 Å². The van der Waals surface area contributed by atoms with E-state index in [9.17, 15) is 14.4 Å². The van der Waals surface area contributed by atoms with Crippen molar-refractivity contribution in [1.29, 1.82) is 0 Å². The number of rotatable bonds is 1. The van der Waals surface area contributed by atoms with Gasteiger partial charge in [-0.15, -0.1) is 0 Å². The van der Waals surface area contributed by atoms with E-state index in [4.69, 9.17) is 0 Å². The minimum Gasteiger partial charge on any atom is -0.299 e. The van der Waals surface area contributed by atoms with Gasteiger partial charge >= 0.3 is 0 Å². The maximum absolute atomic E-state index is 13.1. The first-order valence-electron chi connectivity index (χ1n) is 8.55. The second kappa shape index (κ2) is 4.76. The third-order valence-electron chi connectivity index (χ3n) is 6.07. The molecule has 1 saturated heterocycles. The van der Waals surface area contributed by atoms with Crippen LogP contribution in [-0.2, 0) is 14.4 Å². The third kappa shape index (κ3) is 1.66. The molecule has 3 saturated carbocycles. The third-order valence-corrected chi connectivity index (χ3v) is 6.07. The molecule has 2 aromatic rings. The molecule has 1 heterocycles. The van der Waals surface area contributed by atoms with Crippen molar-refractivity contribution >= 4 is 34.1 Å². The zero-order chi connectivity index (χ0) is 16.4. The monoisotopic (exact) mass is 319 g/mol. The van der Waals surface area contributed by atoms with Crippen molar-refractivity contribution < 1.29 is 14.4 Å².